The summed E-state index contributed by atoms with van der Waals surface area (Å²) in [5.41, 5.74) is 1.12. The van der Waals surface area contributed by atoms with Crippen molar-refractivity contribution >= 4 is 11.7 Å². The van der Waals surface area contributed by atoms with E-state index in [4.69, 9.17) is 0 Å². The molecule has 0 bridgehead atoms. The molecule has 0 N–H and O–H groups in total. The molecule has 0 rings (SSSR count). The Morgan fingerprint density at radius 2 is 1.92 bits per heavy atom. The van der Waals surface area contributed by atoms with Crippen molar-refractivity contribution in [2.75, 3.05) is 14.2 Å². The molecule has 0 unspecified atom stereocenters. The second-order valence-corrected chi connectivity index (χ2v) is 2.37. The second-order valence-electron chi connectivity index (χ2n) is 2.37. The minimum atomic E-state index is -0.502. The van der Waals surface area contributed by atoms with E-state index in [0.29, 0.717) is 0 Å². The van der Waals surface area contributed by atoms with Gasteiger partial charge in [0.05, 0.1) is 7.11 Å². The van der Waals surface area contributed by atoms with Crippen molar-refractivity contribution in [3.05, 3.63) is 11.6 Å². The lowest BCUT2D eigenvalue weighted by molar-refractivity contribution is -0.132. The maximum absolute atomic E-state index is 11.0. The van der Waals surface area contributed by atoms with E-state index in [-0.39, 0.29) is 5.71 Å². The van der Waals surface area contributed by atoms with E-state index in [1.807, 2.05) is 13.8 Å². The second kappa shape index (κ2) is 5.35. The molecule has 0 aromatic heterocycles. The first-order valence-corrected chi connectivity index (χ1v) is 3.46. The fourth-order valence-corrected chi connectivity index (χ4v) is 0.599. The fraction of sp³-hybridized carbons (Fsp3) is 0.500. The first kappa shape index (κ1) is 10.7. The molecule has 4 heteroatoms. The Labute approximate surface area is 71.8 Å². The van der Waals surface area contributed by atoms with Crippen molar-refractivity contribution < 1.29 is 14.4 Å². The lowest BCUT2D eigenvalue weighted by Gasteiger charge is -1.98. The predicted octanol–water partition coefficient (Wildman–Crippen LogP) is 1.13. The topological polar surface area (TPSA) is 47.9 Å². The van der Waals surface area contributed by atoms with Crippen molar-refractivity contribution in [1.29, 1.82) is 0 Å². The van der Waals surface area contributed by atoms with Gasteiger partial charge in [0.25, 0.3) is 0 Å². The van der Waals surface area contributed by atoms with E-state index in [1.54, 1.807) is 6.08 Å². The zero-order valence-corrected chi connectivity index (χ0v) is 7.75. The Morgan fingerprint density at radius 1 is 1.33 bits per heavy atom. The van der Waals surface area contributed by atoms with E-state index >= 15 is 0 Å². The Bertz CT molecular complexity index is 214. The SMILES string of the molecule is CON=C(C=C(C)C)C(=O)OC. The molecule has 0 radical (unpaired) electrons. The van der Waals surface area contributed by atoms with Gasteiger partial charge in [-0.1, -0.05) is 10.7 Å². The lowest BCUT2D eigenvalue weighted by atomic mass is 10.2. The molecular formula is C8H13NO3. The number of allylic oxidation sites excluding steroid dienone is 1. The van der Waals surface area contributed by atoms with Crippen LogP contribution in [-0.4, -0.2) is 25.9 Å². The molecule has 0 spiro atoms. The third kappa shape index (κ3) is 3.75. The summed E-state index contributed by atoms with van der Waals surface area (Å²) in [5.74, 6) is -0.502. The first-order valence-electron chi connectivity index (χ1n) is 3.46. The molecule has 0 aromatic carbocycles. The number of carbonyl (C=O) groups is 1. The van der Waals surface area contributed by atoms with E-state index in [2.05, 4.69) is 14.7 Å². The quantitative estimate of drug-likeness (QED) is 0.363. The maximum Gasteiger partial charge on any atom is 0.360 e. The summed E-state index contributed by atoms with van der Waals surface area (Å²) < 4.78 is 4.47. The van der Waals surface area contributed by atoms with Gasteiger partial charge >= 0.3 is 5.97 Å². The van der Waals surface area contributed by atoms with Gasteiger partial charge in [0.15, 0.2) is 5.71 Å². The van der Waals surface area contributed by atoms with Gasteiger partial charge in [-0.2, -0.15) is 0 Å². The van der Waals surface area contributed by atoms with Crippen molar-refractivity contribution in [2.45, 2.75) is 13.8 Å². The van der Waals surface area contributed by atoms with Crippen LogP contribution in [0, 0.1) is 0 Å². The highest BCUT2D eigenvalue weighted by atomic mass is 16.6. The van der Waals surface area contributed by atoms with Crippen molar-refractivity contribution in [2.24, 2.45) is 5.16 Å². The van der Waals surface area contributed by atoms with Crippen LogP contribution in [0.5, 0.6) is 0 Å². The van der Waals surface area contributed by atoms with Crippen molar-refractivity contribution in [3.8, 4) is 0 Å². The van der Waals surface area contributed by atoms with Crippen LogP contribution in [0.15, 0.2) is 16.8 Å². The monoisotopic (exact) mass is 171 g/mol. The molecule has 0 saturated heterocycles. The van der Waals surface area contributed by atoms with E-state index < -0.39 is 5.97 Å². The van der Waals surface area contributed by atoms with Crippen LogP contribution in [0.2, 0.25) is 0 Å². The van der Waals surface area contributed by atoms with Gasteiger partial charge in [0.2, 0.25) is 0 Å². The van der Waals surface area contributed by atoms with Crippen LogP contribution >= 0.6 is 0 Å². The number of carbonyl (C=O) groups excluding carboxylic acids is 1. The zero-order valence-electron chi connectivity index (χ0n) is 7.75. The average Bonchev–Trinajstić information content (AvgIpc) is 2.01. The largest absolute Gasteiger partial charge is 0.464 e. The van der Waals surface area contributed by atoms with Crippen LogP contribution in [0.25, 0.3) is 0 Å². The van der Waals surface area contributed by atoms with Crippen molar-refractivity contribution in [1.82, 2.24) is 0 Å². The maximum atomic E-state index is 11.0. The third-order valence-electron chi connectivity index (χ3n) is 1.01. The summed E-state index contributed by atoms with van der Waals surface area (Å²) in [5, 5.41) is 3.50. The van der Waals surface area contributed by atoms with Crippen LogP contribution in [0.3, 0.4) is 0 Å². The molecule has 0 atom stereocenters. The number of hydrogen-bond donors (Lipinski definition) is 0. The molecular weight excluding hydrogens is 158 g/mol. The molecule has 68 valence electrons. The normalized spacial score (nSPS) is 10.5. The summed E-state index contributed by atoms with van der Waals surface area (Å²) in [7, 11) is 2.67. The number of methoxy groups -OCH3 is 1. The minimum absolute atomic E-state index is 0.167. The number of rotatable bonds is 3. The summed E-state index contributed by atoms with van der Waals surface area (Å²) in [6, 6.07) is 0. The van der Waals surface area contributed by atoms with Gasteiger partial charge in [0.1, 0.15) is 7.11 Å². The smallest absolute Gasteiger partial charge is 0.360 e. The molecule has 0 fully saturated rings. The van der Waals surface area contributed by atoms with Gasteiger partial charge < -0.3 is 9.57 Å². The Morgan fingerprint density at radius 3 is 2.25 bits per heavy atom. The Hall–Kier alpha value is -1.32. The molecule has 0 saturated carbocycles. The Balaban J connectivity index is 4.57. The summed E-state index contributed by atoms with van der Waals surface area (Å²) in [6.45, 7) is 3.71. The van der Waals surface area contributed by atoms with E-state index in [9.17, 15) is 4.79 Å². The van der Waals surface area contributed by atoms with Crippen LogP contribution < -0.4 is 0 Å². The lowest BCUT2D eigenvalue weighted by Crippen LogP contribution is -2.13. The van der Waals surface area contributed by atoms with Gasteiger partial charge in [-0.15, -0.1) is 0 Å². The highest BCUT2D eigenvalue weighted by Gasteiger charge is 2.08. The van der Waals surface area contributed by atoms with Gasteiger partial charge in [-0.3, -0.25) is 0 Å². The molecule has 0 aliphatic heterocycles. The molecule has 4 nitrogen and oxygen atoms in total. The summed E-state index contributed by atoms with van der Waals surface area (Å²) in [6.07, 6.45) is 1.59. The molecule has 0 aromatic rings. The molecule has 0 heterocycles. The molecule has 0 aliphatic carbocycles. The summed E-state index contributed by atoms with van der Waals surface area (Å²) in [4.78, 5) is 15.4. The molecule has 0 aliphatic rings. The minimum Gasteiger partial charge on any atom is -0.464 e. The number of hydrogen-bond acceptors (Lipinski definition) is 4. The number of esters is 1. The van der Waals surface area contributed by atoms with Gasteiger partial charge in [-0.05, 0) is 19.9 Å². The first-order chi connectivity index (χ1) is 5.61. The van der Waals surface area contributed by atoms with Gasteiger partial charge in [-0.25, -0.2) is 4.79 Å². The third-order valence-corrected chi connectivity index (χ3v) is 1.01. The predicted molar refractivity (Wildman–Crippen MR) is 45.9 cm³/mol. The highest BCUT2D eigenvalue weighted by molar-refractivity contribution is 6.41. The fourth-order valence-electron chi connectivity index (χ4n) is 0.599. The number of oxime groups is 1. The van der Waals surface area contributed by atoms with Gasteiger partial charge in [0, 0.05) is 0 Å². The zero-order chi connectivity index (χ0) is 9.56. The van der Waals surface area contributed by atoms with Crippen molar-refractivity contribution in [3.63, 3.8) is 0 Å². The standard InChI is InChI=1S/C8H13NO3/c1-6(2)5-7(9-12-4)8(10)11-3/h5H,1-4H3. The highest BCUT2D eigenvalue weighted by Crippen LogP contribution is 1.94. The van der Waals surface area contributed by atoms with Crippen LogP contribution in [-0.2, 0) is 14.4 Å². The van der Waals surface area contributed by atoms with Crippen LogP contribution in [0.1, 0.15) is 13.8 Å². The Kier molecular flexibility index (Phi) is 4.76. The summed E-state index contributed by atoms with van der Waals surface area (Å²) >= 11 is 0. The number of ether oxygens (including phenoxy) is 1. The van der Waals surface area contributed by atoms with Crippen LogP contribution in [0.4, 0.5) is 0 Å². The molecule has 12 heavy (non-hydrogen) atoms. The van der Waals surface area contributed by atoms with E-state index in [1.165, 1.54) is 14.2 Å². The molecule has 0 amide bonds. The number of nitrogens with zero attached hydrogens (tertiary/aromatic N) is 1. The average molecular weight is 171 g/mol. The van der Waals surface area contributed by atoms with E-state index in [0.717, 1.165) is 5.57 Å².